The van der Waals surface area contributed by atoms with Crippen LogP contribution in [0.2, 0.25) is 0 Å². The number of ether oxygens (including phenoxy) is 3. The molecule has 0 atom stereocenters. The minimum Gasteiger partial charge on any atom is -0.494 e. The highest BCUT2D eigenvalue weighted by Crippen LogP contribution is 2.45. The van der Waals surface area contributed by atoms with Gasteiger partial charge in [-0.2, -0.15) is 0 Å². The predicted molar refractivity (Wildman–Crippen MR) is 126 cm³/mol. The van der Waals surface area contributed by atoms with Crippen molar-refractivity contribution in [3.8, 4) is 11.5 Å². The molecule has 0 bridgehead atoms. The van der Waals surface area contributed by atoms with E-state index in [9.17, 15) is 9.59 Å². The zero-order chi connectivity index (χ0) is 23.5. The van der Waals surface area contributed by atoms with E-state index in [1.54, 1.807) is 31.2 Å². The molecular weight excluding hydrogens is 428 g/mol. The molecule has 0 fully saturated rings. The molecule has 2 heterocycles. The molecule has 0 spiro atoms. The summed E-state index contributed by atoms with van der Waals surface area (Å²) in [6.07, 6.45) is 0.662. The van der Waals surface area contributed by atoms with Crippen LogP contribution in [0.3, 0.4) is 0 Å². The molecule has 0 radical (unpaired) electrons. The first-order valence-corrected chi connectivity index (χ1v) is 11.7. The standard InChI is InChI=1S/C24H32N2O5S/c1-7-29-15-9-11-16(12-10-15)31-14-18(27)25-21-19(22(28)30-8-2)17-13-23(3,4)26-24(5,6)20(17)32-21/h9-12,26H,7-8,13-14H2,1-6H3,(H,25,27). The molecule has 1 aliphatic rings. The van der Waals surface area contributed by atoms with Gasteiger partial charge in [0, 0.05) is 16.0 Å². The minimum absolute atomic E-state index is 0.175. The summed E-state index contributed by atoms with van der Waals surface area (Å²) in [4.78, 5) is 26.5. The van der Waals surface area contributed by atoms with Crippen LogP contribution in [0.4, 0.5) is 5.00 Å². The summed E-state index contributed by atoms with van der Waals surface area (Å²) < 4.78 is 16.3. The molecule has 0 unspecified atom stereocenters. The Morgan fingerprint density at radius 3 is 2.25 bits per heavy atom. The van der Waals surface area contributed by atoms with Gasteiger partial charge in [-0.1, -0.05) is 0 Å². The normalized spacial score (nSPS) is 16.1. The summed E-state index contributed by atoms with van der Waals surface area (Å²) >= 11 is 1.41. The molecule has 1 aromatic carbocycles. The average Bonchev–Trinajstić information content (AvgIpc) is 3.05. The molecule has 174 valence electrons. The third-order valence-corrected chi connectivity index (χ3v) is 6.55. The molecule has 1 aliphatic heterocycles. The summed E-state index contributed by atoms with van der Waals surface area (Å²) in [5, 5.41) is 7.00. The Balaban J connectivity index is 1.80. The fraction of sp³-hybridized carbons (Fsp3) is 0.500. The van der Waals surface area contributed by atoms with Gasteiger partial charge >= 0.3 is 5.97 Å². The summed E-state index contributed by atoms with van der Waals surface area (Å²) in [6, 6.07) is 7.09. The number of carbonyl (C=O) groups is 2. The highest BCUT2D eigenvalue weighted by Gasteiger charge is 2.42. The van der Waals surface area contributed by atoms with E-state index in [1.165, 1.54) is 11.3 Å². The third-order valence-electron chi connectivity index (χ3n) is 5.08. The Labute approximate surface area is 193 Å². The number of rotatable bonds is 8. The van der Waals surface area contributed by atoms with Gasteiger partial charge in [-0.15, -0.1) is 11.3 Å². The van der Waals surface area contributed by atoms with Gasteiger partial charge in [0.25, 0.3) is 5.91 Å². The van der Waals surface area contributed by atoms with Crippen LogP contribution in [0.1, 0.15) is 62.3 Å². The van der Waals surface area contributed by atoms with Crippen LogP contribution in [-0.4, -0.2) is 37.2 Å². The zero-order valence-corrected chi connectivity index (χ0v) is 20.4. The number of thiophene rings is 1. The first kappa shape index (κ1) is 24.1. The van der Waals surface area contributed by atoms with Gasteiger partial charge in [0.1, 0.15) is 16.5 Å². The molecule has 0 aliphatic carbocycles. The van der Waals surface area contributed by atoms with E-state index in [-0.39, 0.29) is 30.2 Å². The van der Waals surface area contributed by atoms with E-state index in [0.29, 0.717) is 29.3 Å². The van der Waals surface area contributed by atoms with Crippen molar-refractivity contribution in [3.63, 3.8) is 0 Å². The van der Waals surface area contributed by atoms with Crippen molar-refractivity contribution in [3.05, 3.63) is 40.3 Å². The number of benzene rings is 1. The van der Waals surface area contributed by atoms with Crippen LogP contribution in [0.25, 0.3) is 0 Å². The number of anilines is 1. The van der Waals surface area contributed by atoms with Gasteiger partial charge in [-0.05, 0) is 77.8 Å². The van der Waals surface area contributed by atoms with Crippen molar-refractivity contribution in [2.24, 2.45) is 0 Å². The molecular formula is C24H32N2O5S. The Morgan fingerprint density at radius 2 is 1.66 bits per heavy atom. The van der Waals surface area contributed by atoms with Gasteiger partial charge in [0.05, 0.1) is 18.8 Å². The number of esters is 1. The van der Waals surface area contributed by atoms with Crippen LogP contribution in [0.15, 0.2) is 24.3 Å². The van der Waals surface area contributed by atoms with Gasteiger partial charge in [-0.25, -0.2) is 4.79 Å². The fourth-order valence-corrected chi connectivity index (χ4v) is 5.43. The van der Waals surface area contributed by atoms with Crippen LogP contribution < -0.4 is 20.1 Å². The van der Waals surface area contributed by atoms with Crippen molar-refractivity contribution < 1.29 is 23.8 Å². The van der Waals surface area contributed by atoms with Gasteiger partial charge < -0.3 is 24.8 Å². The Hall–Kier alpha value is -2.58. The van der Waals surface area contributed by atoms with Crippen LogP contribution in [0.5, 0.6) is 11.5 Å². The molecule has 0 saturated heterocycles. The smallest absolute Gasteiger partial charge is 0.341 e. The van der Waals surface area contributed by atoms with E-state index in [0.717, 1.165) is 16.2 Å². The number of hydrogen-bond acceptors (Lipinski definition) is 7. The maximum atomic E-state index is 12.8. The van der Waals surface area contributed by atoms with Crippen LogP contribution in [-0.2, 0) is 21.5 Å². The predicted octanol–water partition coefficient (Wildman–Crippen LogP) is 4.50. The number of amides is 1. The summed E-state index contributed by atoms with van der Waals surface area (Å²) in [6.45, 7) is 12.7. The average molecular weight is 461 g/mol. The maximum Gasteiger partial charge on any atom is 0.341 e. The van der Waals surface area contributed by atoms with Crippen LogP contribution >= 0.6 is 11.3 Å². The third kappa shape index (κ3) is 5.42. The minimum atomic E-state index is -0.416. The summed E-state index contributed by atoms with van der Waals surface area (Å²) in [7, 11) is 0. The number of fused-ring (bicyclic) bond motifs is 1. The highest BCUT2D eigenvalue weighted by atomic mass is 32.1. The second-order valence-electron chi connectivity index (χ2n) is 8.89. The summed E-state index contributed by atoms with van der Waals surface area (Å²) in [5.74, 6) is 0.549. The van der Waals surface area contributed by atoms with Crippen molar-refractivity contribution in [2.45, 2.75) is 59.0 Å². The molecule has 1 aromatic heterocycles. The van der Waals surface area contributed by atoms with Crippen molar-refractivity contribution >= 4 is 28.2 Å². The first-order chi connectivity index (χ1) is 15.1. The van der Waals surface area contributed by atoms with E-state index in [4.69, 9.17) is 14.2 Å². The maximum absolute atomic E-state index is 12.8. The van der Waals surface area contributed by atoms with Crippen molar-refractivity contribution in [1.29, 1.82) is 0 Å². The second kappa shape index (κ2) is 9.50. The number of carbonyl (C=O) groups excluding carboxylic acids is 2. The quantitative estimate of drug-likeness (QED) is 0.564. The zero-order valence-electron chi connectivity index (χ0n) is 19.6. The molecule has 2 N–H and O–H groups in total. The van der Waals surface area contributed by atoms with Crippen molar-refractivity contribution in [1.82, 2.24) is 5.32 Å². The molecule has 8 heteroatoms. The van der Waals surface area contributed by atoms with Gasteiger partial charge in [0.2, 0.25) is 0 Å². The van der Waals surface area contributed by atoms with Gasteiger partial charge in [-0.3, -0.25) is 4.79 Å². The Morgan fingerprint density at radius 1 is 1.03 bits per heavy atom. The lowest BCUT2D eigenvalue weighted by molar-refractivity contribution is -0.118. The highest BCUT2D eigenvalue weighted by molar-refractivity contribution is 7.17. The number of hydrogen-bond donors (Lipinski definition) is 2. The molecule has 2 aromatic rings. The van der Waals surface area contributed by atoms with Crippen molar-refractivity contribution in [2.75, 3.05) is 25.1 Å². The molecule has 32 heavy (non-hydrogen) atoms. The molecule has 7 nitrogen and oxygen atoms in total. The molecule has 3 rings (SSSR count). The Bertz CT molecular complexity index is 979. The van der Waals surface area contributed by atoms with E-state index in [1.807, 2.05) is 6.92 Å². The fourth-order valence-electron chi connectivity index (χ4n) is 4.15. The lowest BCUT2D eigenvalue weighted by Gasteiger charge is -2.42. The molecule has 0 saturated carbocycles. The lowest BCUT2D eigenvalue weighted by atomic mass is 9.81. The monoisotopic (exact) mass is 460 g/mol. The van der Waals surface area contributed by atoms with E-state index in [2.05, 4.69) is 38.3 Å². The van der Waals surface area contributed by atoms with Gasteiger partial charge in [0.15, 0.2) is 6.61 Å². The first-order valence-electron chi connectivity index (χ1n) is 10.8. The second-order valence-corrected chi connectivity index (χ2v) is 9.91. The number of nitrogens with one attached hydrogen (secondary N) is 2. The van der Waals surface area contributed by atoms with E-state index >= 15 is 0 Å². The van der Waals surface area contributed by atoms with E-state index < -0.39 is 5.97 Å². The largest absolute Gasteiger partial charge is 0.494 e. The topological polar surface area (TPSA) is 85.9 Å². The Kier molecular flexibility index (Phi) is 7.15. The molecule has 1 amide bonds. The lowest BCUT2D eigenvalue weighted by Crippen LogP contribution is -2.55. The van der Waals surface area contributed by atoms with Crippen LogP contribution in [0, 0.1) is 0 Å². The summed E-state index contributed by atoms with van der Waals surface area (Å²) in [5.41, 5.74) is 0.843. The SMILES string of the molecule is CCOC(=O)c1c(NC(=O)COc2ccc(OCC)cc2)sc2c1CC(C)(C)NC2(C)C.